The Morgan fingerprint density at radius 2 is 1.57 bits per heavy atom. The highest BCUT2D eigenvalue weighted by molar-refractivity contribution is 6.20. The number of benzodiazepines with no additional fused rings is 1. The fourth-order valence-electron chi connectivity index (χ4n) is 4.83. The van der Waals surface area contributed by atoms with Gasteiger partial charge in [-0.15, -0.1) is 0 Å². The van der Waals surface area contributed by atoms with Crippen LogP contribution in [0.25, 0.3) is 0 Å². The molecule has 1 aliphatic rings. The van der Waals surface area contributed by atoms with Crippen LogP contribution in [0.4, 0.5) is 45.2 Å². The number of nitrogens with one attached hydrogen (secondary N) is 2. The summed E-state index contributed by atoms with van der Waals surface area (Å²) in [5.41, 5.74) is 3.89. The normalized spacial score (nSPS) is 17.1. The van der Waals surface area contributed by atoms with Gasteiger partial charge in [0.2, 0.25) is 18.0 Å². The Balaban J connectivity index is 2.06. The molecule has 2 aromatic rings. The van der Waals surface area contributed by atoms with Gasteiger partial charge in [0.1, 0.15) is 0 Å². The first-order valence-electron chi connectivity index (χ1n) is 13.2. The zero-order chi connectivity index (χ0) is 33.0. The minimum Gasteiger partial charge on any atom is -0.369 e. The maximum atomic E-state index is 13.9. The van der Waals surface area contributed by atoms with Crippen LogP contribution in [0.15, 0.2) is 47.5 Å². The standard InChI is InChI=1S/C28H27F9N4O3/c1-14-5-2-6-15(13-14)20-18-7-3-9-19(28(35,36)37)21(18)40-25(44)23(39-20)41-24(43)17(10-12-27(32,33)34)16(22(38)42)8-4-11-26(29,30)31/h2-3,5-7,9,13,16-17,23H,4,8,10-12H2,1H3,(H2,38,42)(H,40,44)(H,41,43)/t16-,17+,23?/m0/s1. The van der Waals surface area contributed by atoms with Crippen molar-refractivity contribution >= 4 is 29.1 Å². The first-order chi connectivity index (χ1) is 20.3. The topological polar surface area (TPSA) is 114 Å². The molecule has 0 radical (unpaired) electrons. The molecule has 3 atom stereocenters. The molecule has 0 spiro atoms. The monoisotopic (exact) mass is 638 g/mol. The second-order valence-electron chi connectivity index (χ2n) is 10.3. The van der Waals surface area contributed by atoms with Crippen LogP contribution in [0.1, 0.15) is 54.4 Å². The predicted molar refractivity (Wildman–Crippen MR) is 140 cm³/mol. The van der Waals surface area contributed by atoms with E-state index in [1.54, 1.807) is 19.1 Å². The second kappa shape index (κ2) is 13.3. The Labute approximate surface area is 245 Å². The van der Waals surface area contributed by atoms with Crippen molar-refractivity contribution in [2.45, 2.75) is 63.7 Å². The molecular weight excluding hydrogens is 611 g/mol. The molecule has 1 aliphatic heterocycles. The lowest BCUT2D eigenvalue weighted by molar-refractivity contribution is -0.147. The molecule has 0 bridgehead atoms. The summed E-state index contributed by atoms with van der Waals surface area (Å²) >= 11 is 0. The van der Waals surface area contributed by atoms with Crippen LogP contribution in [-0.4, -0.2) is 42.0 Å². The Hall–Kier alpha value is -4.11. The van der Waals surface area contributed by atoms with Crippen molar-refractivity contribution in [2.75, 3.05) is 5.32 Å². The molecule has 1 heterocycles. The molecular formula is C28H27F9N4O3. The molecule has 0 aromatic heterocycles. The first-order valence-corrected chi connectivity index (χ1v) is 13.2. The molecule has 4 N–H and O–H groups in total. The van der Waals surface area contributed by atoms with Crippen LogP contribution in [0.3, 0.4) is 0 Å². The zero-order valence-corrected chi connectivity index (χ0v) is 23.0. The summed E-state index contributed by atoms with van der Waals surface area (Å²) in [4.78, 5) is 42.8. The lowest BCUT2D eigenvalue weighted by atomic mass is 9.83. The van der Waals surface area contributed by atoms with E-state index < -0.39 is 97.6 Å². The van der Waals surface area contributed by atoms with Crippen LogP contribution in [0.5, 0.6) is 0 Å². The lowest BCUT2D eigenvalue weighted by Gasteiger charge is -2.26. The van der Waals surface area contributed by atoms with E-state index in [0.717, 1.165) is 6.07 Å². The number of benzene rings is 2. The number of fused-ring (bicyclic) bond motifs is 1. The van der Waals surface area contributed by atoms with E-state index in [9.17, 15) is 53.9 Å². The number of hydrogen-bond donors (Lipinski definition) is 3. The van der Waals surface area contributed by atoms with Gasteiger partial charge >= 0.3 is 18.5 Å². The maximum Gasteiger partial charge on any atom is 0.418 e. The van der Waals surface area contributed by atoms with Crippen molar-refractivity contribution in [2.24, 2.45) is 22.6 Å². The summed E-state index contributed by atoms with van der Waals surface area (Å²) in [5, 5.41) is 4.16. The Morgan fingerprint density at radius 1 is 0.932 bits per heavy atom. The average Bonchev–Trinajstić information content (AvgIpc) is 3.01. The summed E-state index contributed by atoms with van der Waals surface area (Å²) in [6.45, 7) is 1.67. The van der Waals surface area contributed by atoms with Crippen LogP contribution in [0.2, 0.25) is 0 Å². The van der Waals surface area contributed by atoms with Crippen molar-refractivity contribution in [3.05, 3.63) is 64.7 Å². The number of amides is 3. The lowest BCUT2D eigenvalue weighted by Crippen LogP contribution is -2.48. The number of alkyl halides is 9. The quantitative estimate of drug-likeness (QED) is 0.276. The summed E-state index contributed by atoms with van der Waals surface area (Å²) < 4.78 is 119. The first kappa shape index (κ1) is 34.4. The van der Waals surface area contributed by atoms with Gasteiger partial charge in [0.25, 0.3) is 5.91 Å². The molecule has 44 heavy (non-hydrogen) atoms. The van der Waals surface area contributed by atoms with Gasteiger partial charge in [-0.25, -0.2) is 4.99 Å². The Morgan fingerprint density at radius 3 is 2.14 bits per heavy atom. The molecule has 0 saturated heterocycles. The van der Waals surface area contributed by atoms with Gasteiger partial charge < -0.3 is 16.4 Å². The Bertz CT molecular complexity index is 1420. The van der Waals surface area contributed by atoms with E-state index in [-0.39, 0.29) is 16.8 Å². The number of anilines is 1. The van der Waals surface area contributed by atoms with Crippen molar-refractivity contribution in [1.82, 2.24) is 5.32 Å². The number of aryl methyl sites for hydroxylation is 1. The number of para-hydroxylation sites is 1. The number of halogens is 9. The molecule has 16 heteroatoms. The van der Waals surface area contributed by atoms with E-state index in [0.29, 0.717) is 11.6 Å². The van der Waals surface area contributed by atoms with Crippen LogP contribution in [0, 0.1) is 18.8 Å². The number of nitrogens with zero attached hydrogens (tertiary/aromatic N) is 1. The number of aliphatic imine (C=N–C) groups is 1. The van der Waals surface area contributed by atoms with Crippen molar-refractivity contribution in [1.29, 1.82) is 0 Å². The fraction of sp³-hybridized carbons (Fsp3) is 0.429. The third-order valence-electron chi connectivity index (χ3n) is 6.85. The number of carbonyl (C=O) groups excluding carboxylic acids is 3. The summed E-state index contributed by atoms with van der Waals surface area (Å²) in [7, 11) is 0. The third-order valence-corrected chi connectivity index (χ3v) is 6.85. The number of rotatable bonds is 10. The van der Waals surface area contributed by atoms with Crippen molar-refractivity contribution < 1.29 is 53.9 Å². The highest BCUT2D eigenvalue weighted by Crippen LogP contribution is 2.39. The minimum atomic E-state index is -4.94. The van der Waals surface area contributed by atoms with E-state index in [4.69, 9.17) is 5.73 Å². The molecule has 2 aromatic carbocycles. The fourth-order valence-corrected chi connectivity index (χ4v) is 4.83. The van der Waals surface area contributed by atoms with E-state index in [2.05, 4.69) is 15.6 Å². The SMILES string of the molecule is Cc1cccc(C2=NC(NC(=O)[C@H](CCC(F)(F)F)[C@H](CCCC(F)(F)F)C(N)=O)C(=O)Nc3c2cccc3C(F)(F)F)c1. The van der Waals surface area contributed by atoms with Gasteiger partial charge in [0.05, 0.1) is 17.0 Å². The van der Waals surface area contributed by atoms with Crippen LogP contribution >= 0.6 is 0 Å². The highest BCUT2D eigenvalue weighted by Gasteiger charge is 2.41. The molecule has 0 fully saturated rings. The summed E-state index contributed by atoms with van der Waals surface area (Å²) in [6, 6.07) is 9.26. The number of hydrogen-bond acceptors (Lipinski definition) is 4. The third kappa shape index (κ3) is 9.19. The molecule has 0 aliphatic carbocycles. The molecule has 0 saturated carbocycles. The van der Waals surface area contributed by atoms with Gasteiger partial charge in [-0.1, -0.05) is 35.9 Å². The number of nitrogens with two attached hydrogens (primary N) is 1. The maximum absolute atomic E-state index is 13.9. The number of carbonyl (C=O) groups is 3. The van der Waals surface area contributed by atoms with Crippen LogP contribution < -0.4 is 16.4 Å². The summed E-state index contributed by atoms with van der Waals surface area (Å²) in [5.74, 6) is -7.74. The van der Waals surface area contributed by atoms with Gasteiger partial charge in [-0.2, -0.15) is 39.5 Å². The molecule has 240 valence electrons. The smallest absolute Gasteiger partial charge is 0.369 e. The molecule has 3 rings (SSSR count). The largest absolute Gasteiger partial charge is 0.418 e. The van der Waals surface area contributed by atoms with Gasteiger partial charge in [-0.05, 0) is 38.3 Å². The van der Waals surface area contributed by atoms with Gasteiger partial charge in [-0.3, -0.25) is 14.4 Å². The Kier molecular flexibility index (Phi) is 10.4. The predicted octanol–water partition coefficient (Wildman–Crippen LogP) is 6.04. The van der Waals surface area contributed by atoms with E-state index in [1.165, 1.54) is 18.2 Å². The van der Waals surface area contributed by atoms with Gasteiger partial charge in [0.15, 0.2) is 0 Å². The van der Waals surface area contributed by atoms with E-state index in [1.807, 2.05) is 0 Å². The highest BCUT2D eigenvalue weighted by atomic mass is 19.4. The minimum absolute atomic E-state index is 0.175. The molecule has 3 amide bonds. The molecule has 1 unspecified atom stereocenters. The zero-order valence-electron chi connectivity index (χ0n) is 23.0. The van der Waals surface area contributed by atoms with E-state index >= 15 is 0 Å². The number of primary amides is 1. The summed E-state index contributed by atoms with van der Waals surface area (Å²) in [6.07, 6.45) is -22.0. The van der Waals surface area contributed by atoms with Crippen molar-refractivity contribution in [3.63, 3.8) is 0 Å². The molecule has 7 nitrogen and oxygen atoms in total. The second-order valence-corrected chi connectivity index (χ2v) is 10.3. The average molecular weight is 639 g/mol. The van der Waals surface area contributed by atoms with Crippen LogP contribution in [-0.2, 0) is 20.6 Å². The van der Waals surface area contributed by atoms with Gasteiger partial charge in [0, 0.05) is 35.8 Å². The van der Waals surface area contributed by atoms with Crippen molar-refractivity contribution in [3.8, 4) is 0 Å².